The van der Waals surface area contributed by atoms with Gasteiger partial charge in [-0.1, -0.05) is 18.7 Å². The molecule has 0 bridgehead atoms. The molecule has 0 aliphatic carbocycles. The van der Waals surface area contributed by atoms with E-state index in [9.17, 15) is 4.79 Å². The SMILES string of the molecule is C=CC=C(C)C(=O)OCC.CC(=O)O. The highest BCUT2D eigenvalue weighted by Crippen LogP contribution is 1.95. The summed E-state index contributed by atoms with van der Waals surface area (Å²) in [7, 11) is 0. The van der Waals surface area contributed by atoms with Crippen molar-refractivity contribution in [1.82, 2.24) is 0 Å². The van der Waals surface area contributed by atoms with Gasteiger partial charge in [-0.15, -0.1) is 0 Å². The second-order valence-corrected chi connectivity index (χ2v) is 2.32. The predicted molar refractivity (Wildman–Crippen MR) is 53.9 cm³/mol. The average Bonchev–Trinajstić information content (AvgIpc) is 2.04. The molecule has 4 nitrogen and oxygen atoms in total. The normalized spacial score (nSPS) is 9.50. The molecule has 80 valence electrons. The van der Waals surface area contributed by atoms with Crippen LogP contribution in [0, 0.1) is 0 Å². The first-order chi connectivity index (χ1) is 6.45. The van der Waals surface area contributed by atoms with Gasteiger partial charge in [0.2, 0.25) is 0 Å². The van der Waals surface area contributed by atoms with Crippen molar-refractivity contribution in [3.63, 3.8) is 0 Å². The third-order valence-corrected chi connectivity index (χ3v) is 0.965. The molecule has 0 aromatic rings. The number of carbonyl (C=O) groups excluding carboxylic acids is 1. The maximum Gasteiger partial charge on any atom is 0.333 e. The monoisotopic (exact) mass is 200 g/mol. The van der Waals surface area contributed by atoms with Crippen molar-refractivity contribution in [2.75, 3.05) is 6.61 Å². The standard InChI is InChI=1S/C8H12O2.C2H4O2/c1-4-6-7(3)8(9)10-5-2;1-2(3)4/h4,6H,1,5H2,2-3H3;1H3,(H,3,4). The highest BCUT2D eigenvalue weighted by atomic mass is 16.5. The number of allylic oxidation sites excluding steroid dienone is 2. The lowest BCUT2D eigenvalue weighted by Gasteiger charge is -1.98. The van der Waals surface area contributed by atoms with E-state index in [2.05, 4.69) is 6.58 Å². The van der Waals surface area contributed by atoms with Crippen molar-refractivity contribution in [2.24, 2.45) is 0 Å². The topological polar surface area (TPSA) is 63.6 Å². The van der Waals surface area contributed by atoms with Crippen LogP contribution in [0.5, 0.6) is 0 Å². The molecule has 0 unspecified atom stereocenters. The van der Waals surface area contributed by atoms with Gasteiger partial charge in [0.05, 0.1) is 6.61 Å². The van der Waals surface area contributed by atoms with Crippen molar-refractivity contribution in [2.45, 2.75) is 20.8 Å². The van der Waals surface area contributed by atoms with Crippen LogP contribution in [0.3, 0.4) is 0 Å². The zero-order valence-electron chi connectivity index (χ0n) is 8.74. The maximum absolute atomic E-state index is 10.8. The number of carbonyl (C=O) groups is 2. The zero-order chi connectivity index (χ0) is 11.6. The minimum Gasteiger partial charge on any atom is -0.481 e. The molecule has 0 aliphatic rings. The molecule has 0 aromatic carbocycles. The molecule has 0 saturated heterocycles. The Kier molecular flexibility index (Phi) is 10.1. The molecule has 0 saturated carbocycles. The Hall–Kier alpha value is -1.58. The molecule has 0 atom stereocenters. The van der Waals surface area contributed by atoms with Gasteiger partial charge in [-0.2, -0.15) is 0 Å². The van der Waals surface area contributed by atoms with Crippen LogP contribution in [0.2, 0.25) is 0 Å². The lowest BCUT2D eigenvalue weighted by atomic mass is 10.3. The van der Waals surface area contributed by atoms with E-state index in [1.165, 1.54) is 0 Å². The van der Waals surface area contributed by atoms with Crippen molar-refractivity contribution in [3.8, 4) is 0 Å². The summed E-state index contributed by atoms with van der Waals surface area (Å²) in [6.45, 7) is 8.43. The number of carboxylic acid groups (broad SMARTS) is 1. The summed E-state index contributed by atoms with van der Waals surface area (Å²) in [6.07, 6.45) is 3.18. The smallest absolute Gasteiger partial charge is 0.333 e. The quantitative estimate of drug-likeness (QED) is 0.428. The van der Waals surface area contributed by atoms with Crippen LogP contribution in [-0.2, 0) is 14.3 Å². The molecule has 0 fully saturated rings. The van der Waals surface area contributed by atoms with Gasteiger partial charge >= 0.3 is 5.97 Å². The number of aliphatic carboxylic acids is 1. The molecule has 0 radical (unpaired) electrons. The van der Waals surface area contributed by atoms with Gasteiger partial charge in [-0.25, -0.2) is 4.79 Å². The van der Waals surface area contributed by atoms with Crippen LogP contribution in [0.25, 0.3) is 0 Å². The summed E-state index contributed by atoms with van der Waals surface area (Å²) in [4.78, 5) is 19.8. The maximum atomic E-state index is 10.8. The van der Waals surface area contributed by atoms with E-state index in [0.717, 1.165) is 6.92 Å². The second-order valence-electron chi connectivity index (χ2n) is 2.32. The van der Waals surface area contributed by atoms with Gasteiger partial charge in [0.25, 0.3) is 5.97 Å². The average molecular weight is 200 g/mol. The van der Waals surface area contributed by atoms with E-state index in [4.69, 9.17) is 14.6 Å². The summed E-state index contributed by atoms with van der Waals surface area (Å²) < 4.78 is 4.70. The van der Waals surface area contributed by atoms with Gasteiger partial charge in [-0.3, -0.25) is 4.79 Å². The van der Waals surface area contributed by atoms with Gasteiger partial charge in [-0.05, 0) is 13.8 Å². The Morgan fingerprint density at radius 1 is 1.43 bits per heavy atom. The van der Waals surface area contributed by atoms with Gasteiger partial charge < -0.3 is 9.84 Å². The van der Waals surface area contributed by atoms with E-state index in [0.29, 0.717) is 12.2 Å². The first kappa shape index (κ1) is 14.9. The Balaban J connectivity index is 0. The van der Waals surface area contributed by atoms with E-state index < -0.39 is 5.97 Å². The molecule has 0 amide bonds. The number of carboxylic acids is 1. The molecule has 0 aliphatic heterocycles. The van der Waals surface area contributed by atoms with Crippen LogP contribution in [-0.4, -0.2) is 23.7 Å². The highest BCUT2D eigenvalue weighted by molar-refractivity contribution is 5.88. The lowest BCUT2D eigenvalue weighted by molar-refractivity contribution is -0.138. The van der Waals surface area contributed by atoms with Crippen molar-refractivity contribution in [1.29, 1.82) is 0 Å². The molecule has 0 heterocycles. The van der Waals surface area contributed by atoms with Crippen molar-refractivity contribution >= 4 is 11.9 Å². The van der Waals surface area contributed by atoms with Crippen LogP contribution in [0.1, 0.15) is 20.8 Å². The minimum absolute atomic E-state index is 0.276. The number of rotatable bonds is 3. The molecule has 1 N–H and O–H groups in total. The van der Waals surface area contributed by atoms with E-state index >= 15 is 0 Å². The van der Waals surface area contributed by atoms with E-state index in [-0.39, 0.29) is 5.97 Å². The van der Waals surface area contributed by atoms with Crippen molar-refractivity contribution < 1.29 is 19.4 Å². The largest absolute Gasteiger partial charge is 0.481 e. The summed E-state index contributed by atoms with van der Waals surface area (Å²) in [5, 5.41) is 7.42. The Morgan fingerprint density at radius 3 is 2.14 bits per heavy atom. The highest BCUT2D eigenvalue weighted by Gasteiger charge is 2.00. The first-order valence-electron chi connectivity index (χ1n) is 4.11. The fraction of sp³-hybridized carbons (Fsp3) is 0.400. The zero-order valence-corrected chi connectivity index (χ0v) is 8.74. The summed E-state index contributed by atoms with van der Waals surface area (Å²) in [6, 6.07) is 0. The second kappa shape index (κ2) is 9.51. The molecule has 0 aromatic heterocycles. The predicted octanol–water partition coefficient (Wildman–Crippen LogP) is 1.77. The third-order valence-electron chi connectivity index (χ3n) is 0.965. The van der Waals surface area contributed by atoms with E-state index in [1.807, 2.05) is 0 Å². The summed E-state index contributed by atoms with van der Waals surface area (Å²) in [5.41, 5.74) is 0.580. The molecule has 0 spiro atoms. The lowest BCUT2D eigenvalue weighted by Crippen LogP contribution is -2.04. The number of hydrogen-bond donors (Lipinski definition) is 1. The summed E-state index contributed by atoms with van der Waals surface area (Å²) in [5.74, 6) is -1.11. The first-order valence-corrected chi connectivity index (χ1v) is 4.11. The number of hydrogen-bond acceptors (Lipinski definition) is 3. The molecule has 4 heteroatoms. The minimum atomic E-state index is -0.833. The number of ether oxygens (including phenoxy) is 1. The van der Waals surface area contributed by atoms with Crippen LogP contribution >= 0.6 is 0 Å². The fourth-order valence-electron chi connectivity index (χ4n) is 0.490. The molecular formula is C10H16O4. The van der Waals surface area contributed by atoms with Crippen LogP contribution in [0.15, 0.2) is 24.3 Å². The fourth-order valence-corrected chi connectivity index (χ4v) is 0.490. The van der Waals surface area contributed by atoms with Gasteiger partial charge in [0.15, 0.2) is 0 Å². The molecule has 14 heavy (non-hydrogen) atoms. The van der Waals surface area contributed by atoms with Gasteiger partial charge in [0, 0.05) is 12.5 Å². The Bertz CT molecular complexity index is 224. The molecule has 0 rings (SSSR count). The number of esters is 1. The summed E-state index contributed by atoms with van der Waals surface area (Å²) >= 11 is 0. The van der Waals surface area contributed by atoms with E-state index in [1.54, 1.807) is 26.0 Å². The Labute approximate surface area is 83.9 Å². The van der Waals surface area contributed by atoms with Crippen molar-refractivity contribution in [3.05, 3.63) is 24.3 Å². The molecular weight excluding hydrogens is 184 g/mol. The van der Waals surface area contributed by atoms with Gasteiger partial charge in [0.1, 0.15) is 0 Å². The third kappa shape index (κ3) is 13.0. The van der Waals surface area contributed by atoms with Crippen LogP contribution in [0.4, 0.5) is 0 Å². The van der Waals surface area contributed by atoms with Crippen LogP contribution < -0.4 is 0 Å². The Morgan fingerprint density at radius 2 is 1.86 bits per heavy atom.